The molecule has 2 amide bonds. The number of rotatable bonds is 3. The fourth-order valence-electron chi connectivity index (χ4n) is 2.41. The van der Waals surface area contributed by atoms with E-state index in [9.17, 15) is 4.79 Å². The lowest BCUT2D eigenvalue weighted by atomic mass is 10.2. The van der Waals surface area contributed by atoms with Gasteiger partial charge in [-0.3, -0.25) is 0 Å². The van der Waals surface area contributed by atoms with Crippen LogP contribution in [-0.2, 0) is 0 Å². The summed E-state index contributed by atoms with van der Waals surface area (Å²) in [5.41, 5.74) is 1.88. The van der Waals surface area contributed by atoms with Crippen molar-refractivity contribution in [2.45, 2.75) is 19.4 Å². The molecule has 6 heteroatoms. The van der Waals surface area contributed by atoms with Gasteiger partial charge < -0.3 is 15.0 Å². The Bertz CT molecular complexity index is 648. The number of urea groups is 1. The van der Waals surface area contributed by atoms with Crippen molar-refractivity contribution in [2.24, 2.45) is 0 Å². The standard InChI is InChI=1S/C16H18N4O2/c1-12-5-2-3-6-14(12)19-16(21)20-10-7-13(11-20)22-15-17-8-4-9-18-15/h2-6,8-9,13H,7,10-11H2,1H3,(H,19,21)/t13-/m1/s1. The molecule has 1 aromatic carbocycles. The lowest BCUT2D eigenvalue weighted by Gasteiger charge is -2.18. The van der Waals surface area contributed by atoms with Crippen molar-refractivity contribution >= 4 is 11.7 Å². The SMILES string of the molecule is Cc1ccccc1NC(=O)N1CC[C@@H](Oc2ncccn2)C1. The van der Waals surface area contributed by atoms with Gasteiger partial charge >= 0.3 is 12.0 Å². The fraction of sp³-hybridized carbons (Fsp3) is 0.312. The molecule has 6 nitrogen and oxygen atoms in total. The van der Waals surface area contributed by atoms with E-state index < -0.39 is 0 Å². The van der Waals surface area contributed by atoms with E-state index >= 15 is 0 Å². The number of aryl methyl sites for hydroxylation is 1. The van der Waals surface area contributed by atoms with E-state index in [1.807, 2.05) is 31.2 Å². The topological polar surface area (TPSA) is 67.4 Å². The number of hydrogen-bond donors (Lipinski definition) is 1. The van der Waals surface area contributed by atoms with Gasteiger partial charge in [-0.05, 0) is 24.6 Å². The maximum absolute atomic E-state index is 12.3. The van der Waals surface area contributed by atoms with Crippen LogP contribution < -0.4 is 10.1 Å². The van der Waals surface area contributed by atoms with Gasteiger partial charge in [0, 0.05) is 31.0 Å². The number of para-hydroxylation sites is 1. The van der Waals surface area contributed by atoms with E-state index in [2.05, 4.69) is 15.3 Å². The minimum atomic E-state index is -0.102. The number of anilines is 1. The van der Waals surface area contributed by atoms with Crippen molar-refractivity contribution < 1.29 is 9.53 Å². The highest BCUT2D eigenvalue weighted by Gasteiger charge is 2.28. The largest absolute Gasteiger partial charge is 0.458 e. The second-order valence-electron chi connectivity index (χ2n) is 5.25. The van der Waals surface area contributed by atoms with Crippen molar-refractivity contribution in [1.82, 2.24) is 14.9 Å². The molecule has 2 aromatic rings. The number of benzene rings is 1. The summed E-state index contributed by atoms with van der Waals surface area (Å²) in [4.78, 5) is 22.1. The summed E-state index contributed by atoms with van der Waals surface area (Å²) < 4.78 is 5.69. The Kier molecular flexibility index (Phi) is 4.18. The molecule has 1 atom stereocenters. The van der Waals surface area contributed by atoms with Crippen LogP contribution in [0, 0.1) is 6.92 Å². The van der Waals surface area contributed by atoms with Crippen LogP contribution in [0.1, 0.15) is 12.0 Å². The number of aromatic nitrogens is 2. The van der Waals surface area contributed by atoms with Crippen molar-refractivity contribution in [3.8, 4) is 6.01 Å². The van der Waals surface area contributed by atoms with Gasteiger partial charge in [-0.25, -0.2) is 14.8 Å². The summed E-state index contributed by atoms with van der Waals surface area (Å²) in [5, 5.41) is 2.94. The number of amides is 2. The summed E-state index contributed by atoms with van der Waals surface area (Å²) in [6, 6.07) is 9.72. The molecule has 1 fully saturated rings. The average Bonchev–Trinajstić information content (AvgIpc) is 2.99. The number of carbonyl (C=O) groups is 1. The zero-order chi connectivity index (χ0) is 15.4. The number of ether oxygens (including phenoxy) is 1. The van der Waals surface area contributed by atoms with Crippen LogP contribution in [0.3, 0.4) is 0 Å². The van der Waals surface area contributed by atoms with Crippen molar-refractivity contribution in [1.29, 1.82) is 0 Å². The van der Waals surface area contributed by atoms with E-state index in [1.165, 1.54) is 0 Å². The number of hydrogen-bond acceptors (Lipinski definition) is 4. The van der Waals surface area contributed by atoms with Crippen molar-refractivity contribution in [3.63, 3.8) is 0 Å². The highest BCUT2D eigenvalue weighted by Crippen LogP contribution is 2.18. The van der Waals surface area contributed by atoms with Gasteiger partial charge in [0.2, 0.25) is 0 Å². The van der Waals surface area contributed by atoms with Crippen molar-refractivity contribution in [3.05, 3.63) is 48.3 Å². The summed E-state index contributed by atoms with van der Waals surface area (Å²) in [7, 11) is 0. The zero-order valence-electron chi connectivity index (χ0n) is 12.4. The van der Waals surface area contributed by atoms with Gasteiger partial charge in [0.15, 0.2) is 0 Å². The summed E-state index contributed by atoms with van der Waals surface area (Å²) in [5.74, 6) is 0. The molecule has 1 aliphatic rings. The molecule has 1 aromatic heterocycles. The van der Waals surface area contributed by atoms with Crippen molar-refractivity contribution in [2.75, 3.05) is 18.4 Å². The van der Waals surface area contributed by atoms with Gasteiger partial charge in [0.1, 0.15) is 6.10 Å². The molecule has 1 aliphatic heterocycles. The monoisotopic (exact) mass is 298 g/mol. The quantitative estimate of drug-likeness (QED) is 0.945. The highest BCUT2D eigenvalue weighted by molar-refractivity contribution is 5.90. The first-order valence-electron chi connectivity index (χ1n) is 7.27. The van der Waals surface area contributed by atoms with Crippen LogP contribution in [0.2, 0.25) is 0 Å². The molecule has 1 N–H and O–H groups in total. The smallest absolute Gasteiger partial charge is 0.321 e. The molecule has 0 saturated carbocycles. The average molecular weight is 298 g/mol. The summed E-state index contributed by atoms with van der Waals surface area (Å²) in [6.45, 7) is 3.17. The van der Waals surface area contributed by atoms with E-state index in [4.69, 9.17) is 4.74 Å². The predicted octanol–water partition coefficient (Wildman–Crippen LogP) is 2.47. The van der Waals surface area contributed by atoms with E-state index in [1.54, 1.807) is 23.4 Å². The second kappa shape index (κ2) is 6.43. The Balaban J connectivity index is 1.56. The summed E-state index contributed by atoms with van der Waals surface area (Å²) in [6.07, 6.45) is 3.99. The molecule has 2 heterocycles. The third-order valence-corrected chi connectivity index (χ3v) is 3.63. The highest BCUT2D eigenvalue weighted by atomic mass is 16.5. The van der Waals surface area contributed by atoms with E-state index in [0.29, 0.717) is 19.1 Å². The summed E-state index contributed by atoms with van der Waals surface area (Å²) >= 11 is 0. The molecule has 1 saturated heterocycles. The maximum atomic E-state index is 12.3. The minimum absolute atomic E-state index is 0.0648. The molecule has 0 radical (unpaired) electrons. The maximum Gasteiger partial charge on any atom is 0.321 e. The molecule has 0 unspecified atom stereocenters. The Morgan fingerprint density at radius 1 is 1.27 bits per heavy atom. The normalized spacial score (nSPS) is 17.3. The lowest BCUT2D eigenvalue weighted by Crippen LogP contribution is -2.34. The minimum Gasteiger partial charge on any atom is -0.458 e. The molecule has 0 aliphatic carbocycles. The molecule has 114 valence electrons. The van der Waals surface area contributed by atoms with E-state index in [0.717, 1.165) is 17.7 Å². The number of nitrogens with zero attached hydrogens (tertiary/aromatic N) is 3. The van der Waals surface area contributed by atoms with Gasteiger partial charge in [-0.1, -0.05) is 18.2 Å². The number of likely N-dealkylation sites (tertiary alicyclic amines) is 1. The molecular formula is C16H18N4O2. The lowest BCUT2D eigenvalue weighted by molar-refractivity contribution is 0.184. The van der Waals surface area contributed by atoms with Crippen LogP contribution in [0.25, 0.3) is 0 Å². The Morgan fingerprint density at radius 2 is 2.05 bits per heavy atom. The van der Waals surface area contributed by atoms with Gasteiger partial charge in [0.05, 0.1) is 6.54 Å². The number of carbonyl (C=O) groups excluding carboxylic acids is 1. The Labute approximate surface area is 129 Å². The Morgan fingerprint density at radius 3 is 2.82 bits per heavy atom. The first-order valence-corrected chi connectivity index (χ1v) is 7.27. The second-order valence-corrected chi connectivity index (χ2v) is 5.25. The molecule has 0 spiro atoms. The van der Waals surface area contributed by atoms with Gasteiger partial charge in [0.25, 0.3) is 0 Å². The van der Waals surface area contributed by atoms with Gasteiger partial charge in [-0.15, -0.1) is 0 Å². The first kappa shape index (κ1) is 14.3. The van der Waals surface area contributed by atoms with Crippen LogP contribution in [0.4, 0.5) is 10.5 Å². The van der Waals surface area contributed by atoms with E-state index in [-0.39, 0.29) is 12.1 Å². The third-order valence-electron chi connectivity index (χ3n) is 3.63. The first-order chi connectivity index (χ1) is 10.7. The third kappa shape index (κ3) is 3.33. The zero-order valence-corrected chi connectivity index (χ0v) is 12.4. The van der Waals surface area contributed by atoms with Crippen LogP contribution in [0.15, 0.2) is 42.7 Å². The predicted molar refractivity (Wildman–Crippen MR) is 82.8 cm³/mol. The fourth-order valence-corrected chi connectivity index (χ4v) is 2.41. The molecule has 3 rings (SSSR count). The molecule has 0 bridgehead atoms. The van der Waals surface area contributed by atoms with Gasteiger partial charge in [-0.2, -0.15) is 0 Å². The van der Waals surface area contributed by atoms with Crippen LogP contribution >= 0.6 is 0 Å². The Hall–Kier alpha value is -2.63. The van der Waals surface area contributed by atoms with Crippen LogP contribution in [0.5, 0.6) is 6.01 Å². The number of nitrogens with one attached hydrogen (secondary N) is 1. The van der Waals surface area contributed by atoms with Crippen LogP contribution in [-0.4, -0.2) is 40.1 Å². The molecule has 22 heavy (non-hydrogen) atoms. The molecular weight excluding hydrogens is 280 g/mol.